The number of alkyl halides is 1. The number of hydrogen-bond donors (Lipinski definition) is 1. The van der Waals surface area contributed by atoms with Crippen molar-refractivity contribution in [3.63, 3.8) is 0 Å². The predicted molar refractivity (Wildman–Crippen MR) is 39.3 cm³/mol. The van der Waals surface area contributed by atoms with E-state index < -0.39 is 0 Å². The van der Waals surface area contributed by atoms with Crippen molar-refractivity contribution in [2.75, 3.05) is 6.61 Å². The lowest BCUT2D eigenvalue weighted by atomic mass is 9.98. The lowest BCUT2D eigenvalue weighted by Gasteiger charge is -2.19. The van der Waals surface area contributed by atoms with Crippen LogP contribution in [0.1, 0.15) is 20.8 Å². The summed E-state index contributed by atoms with van der Waals surface area (Å²) < 4.78 is 5.13. The molecule has 1 unspecified atom stereocenters. The third-order valence-electron chi connectivity index (χ3n) is 1.83. The van der Waals surface area contributed by atoms with Gasteiger partial charge in [-0.05, 0) is 20.8 Å². The summed E-state index contributed by atoms with van der Waals surface area (Å²) in [5.74, 6) is 0. The molecule has 1 heterocycles. The van der Waals surface area contributed by atoms with Crippen LogP contribution in [0.3, 0.4) is 0 Å². The second kappa shape index (κ2) is 2.11. The molecular formula is C6H14ClNO. The first-order chi connectivity index (χ1) is 3.46. The maximum absolute atomic E-state index is 5.95. The van der Waals surface area contributed by atoms with Crippen molar-refractivity contribution in [3.05, 3.63) is 0 Å². The highest BCUT2D eigenvalue weighted by atomic mass is 35.5. The molecule has 0 amide bonds. The van der Waals surface area contributed by atoms with E-state index in [9.17, 15) is 0 Å². The minimum Gasteiger partial charge on any atom is -0.368 e. The molecule has 1 aliphatic rings. The molecule has 1 rings (SSSR count). The van der Waals surface area contributed by atoms with Crippen LogP contribution in [0.5, 0.6) is 0 Å². The van der Waals surface area contributed by atoms with Gasteiger partial charge in [-0.15, -0.1) is 11.6 Å². The van der Waals surface area contributed by atoms with Crippen LogP contribution in [0.25, 0.3) is 0 Å². The first-order valence-corrected chi connectivity index (χ1v) is 3.16. The SMILES string of the molecule is CC(C)(Cl)C1(C)CO1.N. The molecule has 0 aliphatic carbocycles. The number of epoxide rings is 1. The van der Waals surface area contributed by atoms with Gasteiger partial charge in [0.25, 0.3) is 0 Å². The summed E-state index contributed by atoms with van der Waals surface area (Å²) in [5, 5.41) is 0. The number of hydrogen-bond acceptors (Lipinski definition) is 2. The van der Waals surface area contributed by atoms with Crippen molar-refractivity contribution in [2.45, 2.75) is 31.2 Å². The van der Waals surface area contributed by atoms with E-state index in [0.29, 0.717) is 0 Å². The Hall–Kier alpha value is 0.210. The number of halogens is 1. The van der Waals surface area contributed by atoms with E-state index >= 15 is 0 Å². The van der Waals surface area contributed by atoms with Crippen LogP contribution in [-0.2, 0) is 4.74 Å². The fourth-order valence-electron chi connectivity index (χ4n) is 0.451. The Morgan fingerprint density at radius 1 is 1.56 bits per heavy atom. The second-order valence-electron chi connectivity index (χ2n) is 2.99. The van der Waals surface area contributed by atoms with E-state index in [-0.39, 0.29) is 16.6 Å². The molecule has 2 nitrogen and oxygen atoms in total. The lowest BCUT2D eigenvalue weighted by molar-refractivity contribution is 0.276. The Morgan fingerprint density at radius 3 is 1.89 bits per heavy atom. The fraction of sp³-hybridized carbons (Fsp3) is 1.00. The van der Waals surface area contributed by atoms with E-state index in [1.54, 1.807) is 0 Å². The zero-order valence-electron chi connectivity index (χ0n) is 6.20. The first kappa shape index (κ1) is 9.21. The molecule has 3 heteroatoms. The molecule has 3 N–H and O–H groups in total. The molecule has 0 saturated carbocycles. The average molecular weight is 152 g/mol. The van der Waals surface area contributed by atoms with Crippen LogP contribution in [0.15, 0.2) is 0 Å². The molecule has 0 aromatic carbocycles. The van der Waals surface area contributed by atoms with E-state index in [0.717, 1.165) is 6.61 Å². The molecule has 0 radical (unpaired) electrons. The minimum absolute atomic E-state index is 0. The quantitative estimate of drug-likeness (QED) is 0.460. The van der Waals surface area contributed by atoms with Gasteiger partial charge in [0.05, 0.1) is 11.5 Å². The molecule has 1 aliphatic heterocycles. The third kappa shape index (κ3) is 1.57. The van der Waals surface area contributed by atoms with Gasteiger partial charge in [0, 0.05) is 0 Å². The Bertz CT molecular complexity index is 101. The molecule has 9 heavy (non-hydrogen) atoms. The van der Waals surface area contributed by atoms with Crippen molar-refractivity contribution in [2.24, 2.45) is 0 Å². The van der Waals surface area contributed by atoms with E-state index in [1.807, 2.05) is 20.8 Å². The third-order valence-corrected chi connectivity index (χ3v) is 2.23. The summed E-state index contributed by atoms with van der Waals surface area (Å²) in [4.78, 5) is -0.201. The molecule has 1 fully saturated rings. The Balaban J connectivity index is 0.000000640. The Labute approximate surface area is 61.1 Å². The summed E-state index contributed by atoms with van der Waals surface area (Å²) >= 11 is 5.95. The molecule has 0 aromatic heterocycles. The fourth-order valence-corrected chi connectivity index (χ4v) is 0.561. The van der Waals surface area contributed by atoms with Crippen molar-refractivity contribution < 1.29 is 4.74 Å². The summed E-state index contributed by atoms with van der Waals surface area (Å²) in [6, 6.07) is 0. The molecule has 0 aromatic rings. The monoisotopic (exact) mass is 151 g/mol. The van der Waals surface area contributed by atoms with Gasteiger partial charge in [-0.3, -0.25) is 0 Å². The number of rotatable bonds is 1. The molecule has 1 atom stereocenters. The average Bonchev–Trinajstić information content (AvgIpc) is 2.16. The molecular weight excluding hydrogens is 138 g/mol. The van der Waals surface area contributed by atoms with Gasteiger partial charge < -0.3 is 10.9 Å². The topological polar surface area (TPSA) is 47.5 Å². The maximum atomic E-state index is 5.95. The van der Waals surface area contributed by atoms with E-state index in [2.05, 4.69) is 0 Å². The molecule has 0 spiro atoms. The molecule has 0 bridgehead atoms. The lowest BCUT2D eigenvalue weighted by Crippen LogP contribution is -2.30. The normalized spacial score (nSPS) is 33.3. The zero-order chi connectivity index (χ0) is 6.41. The second-order valence-corrected chi connectivity index (χ2v) is 3.94. The van der Waals surface area contributed by atoms with Crippen molar-refractivity contribution in [1.29, 1.82) is 0 Å². The van der Waals surface area contributed by atoms with Crippen LogP contribution in [0.4, 0.5) is 0 Å². The van der Waals surface area contributed by atoms with E-state index in [4.69, 9.17) is 16.3 Å². The van der Waals surface area contributed by atoms with Crippen LogP contribution in [-0.4, -0.2) is 17.1 Å². The number of ether oxygens (including phenoxy) is 1. The zero-order valence-corrected chi connectivity index (χ0v) is 6.96. The van der Waals surface area contributed by atoms with Gasteiger partial charge in [0.15, 0.2) is 0 Å². The highest BCUT2D eigenvalue weighted by Crippen LogP contribution is 2.41. The highest BCUT2D eigenvalue weighted by Gasteiger charge is 2.51. The Morgan fingerprint density at radius 2 is 1.89 bits per heavy atom. The Kier molecular flexibility index (Phi) is 2.16. The van der Waals surface area contributed by atoms with E-state index in [1.165, 1.54) is 0 Å². The summed E-state index contributed by atoms with van der Waals surface area (Å²) in [6.45, 7) is 6.78. The van der Waals surface area contributed by atoms with Crippen molar-refractivity contribution >= 4 is 11.6 Å². The largest absolute Gasteiger partial charge is 0.368 e. The van der Waals surface area contributed by atoms with Crippen LogP contribution < -0.4 is 6.15 Å². The standard InChI is InChI=1S/C6H11ClO.H3N/c1-5(2,7)6(3)4-8-6;/h4H2,1-3H3;1H3. The summed E-state index contributed by atoms with van der Waals surface area (Å²) in [5.41, 5.74) is -0.0471. The van der Waals surface area contributed by atoms with Gasteiger partial charge in [0.1, 0.15) is 5.60 Å². The first-order valence-electron chi connectivity index (χ1n) is 2.79. The van der Waals surface area contributed by atoms with Gasteiger partial charge in [0.2, 0.25) is 0 Å². The molecule has 1 saturated heterocycles. The van der Waals surface area contributed by atoms with Crippen LogP contribution in [0, 0.1) is 0 Å². The predicted octanol–water partition coefficient (Wildman–Crippen LogP) is 1.95. The highest BCUT2D eigenvalue weighted by molar-refractivity contribution is 6.24. The van der Waals surface area contributed by atoms with Gasteiger partial charge >= 0.3 is 0 Å². The van der Waals surface area contributed by atoms with Crippen molar-refractivity contribution in [1.82, 2.24) is 6.15 Å². The van der Waals surface area contributed by atoms with Crippen LogP contribution >= 0.6 is 11.6 Å². The van der Waals surface area contributed by atoms with Gasteiger partial charge in [-0.2, -0.15) is 0 Å². The van der Waals surface area contributed by atoms with Gasteiger partial charge in [-0.1, -0.05) is 0 Å². The summed E-state index contributed by atoms with van der Waals surface area (Å²) in [6.07, 6.45) is 0. The summed E-state index contributed by atoms with van der Waals surface area (Å²) in [7, 11) is 0. The smallest absolute Gasteiger partial charge is 0.107 e. The maximum Gasteiger partial charge on any atom is 0.107 e. The van der Waals surface area contributed by atoms with Crippen molar-refractivity contribution in [3.8, 4) is 0 Å². The minimum atomic E-state index is -0.201. The van der Waals surface area contributed by atoms with Crippen LogP contribution in [0.2, 0.25) is 0 Å². The van der Waals surface area contributed by atoms with Gasteiger partial charge in [-0.25, -0.2) is 0 Å². The molecule has 56 valence electrons.